The van der Waals surface area contributed by atoms with Crippen LogP contribution in [0.3, 0.4) is 0 Å². The molecule has 2 aromatic rings. The third kappa shape index (κ3) is 5.28. The summed E-state index contributed by atoms with van der Waals surface area (Å²) in [5.74, 6) is 0.814. The number of carbonyl (C=O) groups excluding carboxylic acids is 1. The number of carbonyl (C=O) groups is 1. The van der Waals surface area contributed by atoms with Gasteiger partial charge in [0.25, 0.3) is 0 Å². The monoisotopic (exact) mass is 311 g/mol. The molecule has 1 amide bonds. The number of aromatic nitrogens is 2. The minimum Gasteiger partial charge on any atom is -0.444 e. The number of amides is 1. The molecule has 2 N–H and O–H groups in total. The van der Waals surface area contributed by atoms with Crippen LogP contribution in [0.5, 0.6) is 0 Å². The molecular weight excluding hydrogens is 294 g/mol. The molecule has 0 spiro atoms. The first-order chi connectivity index (χ1) is 10.9. The van der Waals surface area contributed by atoms with Crippen molar-refractivity contribution in [2.24, 2.45) is 0 Å². The van der Waals surface area contributed by atoms with Gasteiger partial charge in [-0.25, -0.2) is 4.79 Å². The van der Waals surface area contributed by atoms with Crippen molar-refractivity contribution < 1.29 is 9.53 Å². The molecule has 1 aromatic heterocycles. The Balaban J connectivity index is 1.96. The highest BCUT2D eigenvalue weighted by Crippen LogP contribution is 2.16. The topological polar surface area (TPSA) is 99.9 Å². The molecule has 0 fully saturated rings. The number of hydrogen-bond donors (Lipinski definition) is 2. The lowest BCUT2D eigenvalue weighted by molar-refractivity contribution is 0.0635. The molecule has 0 saturated carbocycles. The molecule has 0 saturated heterocycles. The quantitative estimate of drug-likeness (QED) is 0.900. The highest BCUT2D eigenvalue weighted by Gasteiger charge is 2.16. The average molecular weight is 311 g/mol. The molecule has 0 radical (unpaired) electrons. The Kier molecular flexibility index (Phi) is 4.76. The fourth-order valence-corrected chi connectivity index (χ4v) is 1.65. The highest BCUT2D eigenvalue weighted by atomic mass is 16.6. The number of anilines is 3. The van der Waals surface area contributed by atoms with Crippen molar-refractivity contribution in [2.75, 3.05) is 10.6 Å². The van der Waals surface area contributed by atoms with Crippen LogP contribution >= 0.6 is 0 Å². The van der Waals surface area contributed by atoms with Crippen molar-refractivity contribution in [1.82, 2.24) is 10.2 Å². The first kappa shape index (κ1) is 16.2. The summed E-state index contributed by atoms with van der Waals surface area (Å²) in [5.41, 5.74) is 0.791. The maximum absolute atomic E-state index is 11.6. The van der Waals surface area contributed by atoms with Crippen LogP contribution in [0.15, 0.2) is 36.4 Å². The molecule has 0 bridgehead atoms. The predicted octanol–water partition coefficient (Wildman–Crippen LogP) is 3.44. The van der Waals surface area contributed by atoms with E-state index in [1.54, 1.807) is 57.2 Å². The van der Waals surface area contributed by atoms with Crippen molar-refractivity contribution in [1.29, 1.82) is 5.26 Å². The number of nitriles is 1. The van der Waals surface area contributed by atoms with Gasteiger partial charge in [0.05, 0.1) is 11.6 Å². The summed E-state index contributed by atoms with van der Waals surface area (Å²) in [6, 6.07) is 12.3. The zero-order valence-electron chi connectivity index (χ0n) is 13.1. The van der Waals surface area contributed by atoms with Crippen molar-refractivity contribution in [2.45, 2.75) is 26.4 Å². The molecule has 7 nitrogen and oxygen atoms in total. The van der Waals surface area contributed by atoms with Crippen LogP contribution in [0.1, 0.15) is 26.3 Å². The van der Waals surface area contributed by atoms with E-state index in [0.717, 1.165) is 5.69 Å². The fraction of sp³-hybridized carbons (Fsp3) is 0.250. The van der Waals surface area contributed by atoms with Crippen molar-refractivity contribution in [3.8, 4) is 6.07 Å². The Morgan fingerprint density at radius 2 is 1.70 bits per heavy atom. The standard InChI is InChI=1S/C16H17N5O2/c1-16(2,3)23-15(22)19-14-9-8-13(20-21-14)18-12-6-4-11(10-17)5-7-12/h4-9H,1-3H3,(H,18,20)(H,19,21,22). The fourth-order valence-electron chi connectivity index (χ4n) is 1.65. The van der Waals surface area contributed by atoms with Crippen molar-refractivity contribution in [3.63, 3.8) is 0 Å². The van der Waals surface area contributed by atoms with Gasteiger partial charge in [0, 0.05) is 5.69 Å². The first-order valence-electron chi connectivity index (χ1n) is 6.97. The van der Waals surface area contributed by atoms with Crippen LogP contribution in [0.25, 0.3) is 0 Å². The lowest BCUT2D eigenvalue weighted by Gasteiger charge is -2.19. The zero-order valence-corrected chi connectivity index (χ0v) is 13.1. The first-order valence-corrected chi connectivity index (χ1v) is 6.97. The molecule has 0 aliphatic carbocycles. The van der Waals surface area contributed by atoms with Crippen LogP contribution in [-0.2, 0) is 4.74 Å². The zero-order chi connectivity index (χ0) is 16.9. The molecule has 0 atom stereocenters. The van der Waals surface area contributed by atoms with E-state index in [1.165, 1.54) is 0 Å². The maximum atomic E-state index is 11.6. The second kappa shape index (κ2) is 6.75. The van der Waals surface area contributed by atoms with Gasteiger partial charge in [0.15, 0.2) is 11.6 Å². The van der Waals surface area contributed by atoms with Gasteiger partial charge >= 0.3 is 6.09 Å². The summed E-state index contributed by atoms with van der Waals surface area (Å²) in [6.07, 6.45) is -0.584. The predicted molar refractivity (Wildman–Crippen MR) is 86.3 cm³/mol. The van der Waals surface area contributed by atoms with Crippen LogP contribution < -0.4 is 10.6 Å². The SMILES string of the molecule is CC(C)(C)OC(=O)Nc1ccc(Nc2ccc(C#N)cc2)nn1. The van der Waals surface area contributed by atoms with Crippen molar-refractivity contribution >= 4 is 23.4 Å². The molecule has 0 aliphatic heterocycles. The molecule has 0 aliphatic rings. The van der Waals surface area contributed by atoms with Crippen molar-refractivity contribution in [3.05, 3.63) is 42.0 Å². The summed E-state index contributed by atoms with van der Waals surface area (Å²) in [7, 11) is 0. The second-order valence-corrected chi connectivity index (χ2v) is 5.74. The Morgan fingerprint density at radius 3 is 2.22 bits per heavy atom. The van der Waals surface area contributed by atoms with E-state index in [2.05, 4.69) is 26.9 Å². The van der Waals surface area contributed by atoms with Gasteiger partial charge < -0.3 is 10.1 Å². The number of nitrogens with zero attached hydrogens (tertiary/aromatic N) is 3. The highest BCUT2D eigenvalue weighted by molar-refractivity contribution is 5.83. The van der Waals surface area contributed by atoms with E-state index in [0.29, 0.717) is 17.2 Å². The van der Waals surface area contributed by atoms with Gasteiger partial charge in [0.2, 0.25) is 0 Å². The van der Waals surface area contributed by atoms with Crippen LogP contribution in [0, 0.1) is 11.3 Å². The Bertz CT molecular complexity index is 712. The Labute approximate surface area is 134 Å². The van der Waals surface area contributed by atoms with Crippen LogP contribution in [0.2, 0.25) is 0 Å². The van der Waals surface area contributed by atoms with E-state index in [4.69, 9.17) is 10.00 Å². The van der Waals surface area contributed by atoms with E-state index in [9.17, 15) is 4.79 Å². The minimum atomic E-state index is -0.584. The molecular formula is C16H17N5O2. The Hall–Kier alpha value is -3.14. The molecule has 7 heteroatoms. The average Bonchev–Trinajstić information content (AvgIpc) is 2.48. The molecule has 1 heterocycles. The van der Waals surface area contributed by atoms with Crippen LogP contribution in [-0.4, -0.2) is 21.9 Å². The number of ether oxygens (including phenoxy) is 1. The summed E-state index contributed by atoms with van der Waals surface area (Å²) in [6.45, 7) is 5.34. The Morgan fingerprint density at radius 1 is 1.09 bits per heavy atom. The van der Waals surface area contributed by atoms with Gasteiger partial charge in [-0.05, 0) is 57.2 Å². The van der Waals surface area contributed by atoms with Gasteiger partial charge in [-0.15, -0.1) is 10.2 Å². The van der Waals surface area contributed by atoms with E-state index in [-0.39, 0.29) is 0 Å². The summed E-state index contributed by atoms with van der Waals surface area (Å²) < 4.78 is 5.13. The number of rotatable bonds is 3. The molecule has 1 aromatic carbocycles. The van der Waals surface area contributed by atoms with Gasteiger partial charge in [-0.3, -0.25) is 5.32 Å². The normalized spacial score (nSPS) is 10.5. The minimum absolute atomic E-state index is 0.296. The third-order valence-corrected chi connectivity index (χ3v) is 2.58. The van der Waals surface area contributed by atoms with E-state index in [1.807, 2.05) is 0 Å². The number of hydrogen-bond acceptors (Lipinski definition) is 6. The largest absolute Gasteiger partial charge is 0.444 e. The molecule has 0 unspecified atom stereocenters. The third-order valence-electron chi connectivity index (χ3n) is 2.58. The van der Waals surface area contributed by atoms with Gasteiger partial charge in [0.1, 0.15) is 5.60 Å². The molecule has 118 valence electrons. The summed E-state index contributed by atoms with van der Waals surface area (Å²) in [5, 5.41) is 22.2. The van der Waals surface area contributed by atoms with E-state index >= 15 is 0 Å². The lowest BCUT2D eigenvalue weighted by atomic mass is 10.2. The van der Waals surface area contributed by atoms with Gasteiger partial charge in [-0.1, -0.05) is 0 Å². The van der Waals surface area contributed by atoms with Gasteiger partial charge in [-0.2, -0.15) is 5.26 Å². The number of nitrogens with one attached hydrogen (secondary N) is 2. The lowest BCUT2D eigenvalue weighted by Crippen LogP contribution is -2.27. The van der Waals surface area contributed by atoms with Crippen LogP contribution in [0.4, 0.5) is 22.1 Å². The molecule has 2 rings (SSSR count). The molecule has 23 heavy (non-hydrogen) atoms. The maximum Gasteiger partial charge on any atom is 0.413 e. The van der Waals surface area contributed by atoms with E-state index < -0.39 is 11.7 Å². The second-order valence-electron chi connectivity index (χ2n) is 5.74. The summed E-state index contributed by atoms with van der Waals surface area (Å²) >= 11 is 0. The number of benzene rings is 1. The summed E-state index contributed by atoms with van der Waals surface area (Å²) in [4.78, 5) is 11.6. The smallest absolute Gasteiger partial charge is 0.413 e.